The summed E-state index contributed by atoms with van der Waals surface area (Å²) in [5.41, 5.74) is 1.20. The first-order valence-electron chi connectivity index (χ1n) is 20.0. The van der Waals surface area contributed by atoms with Crippen molar-refractivity contribution in [2.45, 2.75) is 149 Å². The highest BCUT2D eigenvalue weighted by Crippen LogP contribution is 2.71. The van der Waals surface area contributed by atoms with Crippen molar-refractivity contribution in [2.24, 2.45) is 52.3 Å². The van der Waals surface area contributed by atoms with Crippen molar-refractivity contribution in [2.75, 3.05) is 26.4 Å². The van der Waals surface area contributed by atoms with Crippen molar-refractivity contribution >= 4 is 0 Å². The smallest absolute Gasteiger partial charge is 0.172 e. The fourth-order valence-electron chi connectivity index (χ4n) is 13.0. The lowest BCUT2D eigenvalue weighted by Gasteiger charge is -2.65. The highest BCUT2D eigenvalue weighted by molar-refractivity contribution is 5.23. The van der Waals surface area contributed by atoms with Gasteiger partial charge in [-0.05, 0) is 118 Å². The summed E-state index contributed by atoms with van der Waals surface area (Å²) >= 11 is 0. The van der Waals surface area contributed by atoms with E-state index in [1.165, 1.54) is 6.42 Å². The molecule has 6 aliphatic rings. The quantitative estimate of drug-likeness (QED) is 0.233. The lowest BCUT2D eigenvalue weighted by molar-refractivity contribution is -0.301. The van der Waals surface area contributed by atoms with Gasteiger partial charge in [-0.15, -0.1) is 0 Å². The van der Waals surface area contributed by atoms with E-state index in [2.05, 4.69) is 53.7 Å². The molecule has 2 aliphatic heterocycles. The first-order valence-corrected chi connectivity index (χ1v) is 20.0. The molecule has 2 saturated heterocycles. The van der Waals surface area contributed by atoms with Crippen LogP contribution < -0.4 is 0 Å². The Morgan fingerprint density at radius 1 is 0.880 bits per heavy atom. The van der Waals surface area contributed by atoms with Crippen LogP contribution in [0.4, 0.5) is 0 Å². The molecule has 0 amide bonds. The van der Waals surface area contributed by atoms with Gasteiger partial charge in [0.25, 0.3) is 0 Å². The summed E-state index contributed by atoms with van der Waals surface area (Å²) in [6.07, 6.45) is 5.92. The van der Waals surface area contributed by atoms with Gasteiger partial charge < -0.3 is 38.6 Å². The minimum absolute atomic E-state index is 0.000874. The molecule has 1 aromatic rings. The molecule has 15 atom stereocenters. The molecule has 0 aromatic heterocycles. The van der Waals surface area contributed by atoms with Gasteiger partial charge in [-0.25, -0.2) is 0 Å². The maximum atomic E-state index is 12.5. The predicted octanol–water partition coefficient (Wildman–Crippen LogP) is 7.31. The predicted molar refractivity (Wildman–Crippen MR) is 191 cm³/mol. The minimum Gasteiger partial charge on any atom is -0.396 e. The average Bonchev–Trinajstić information content (AvgIpc) is 3.77. The zero-order valence-corrected chi connectivity index (χ0v) is 32.0. The Labute approximate surface area is 301 Å². The van der Waals surface area contributed by atoms with Crippen LogP contribution in [0.15, 0.2) is 30.3 Å². The highest BCUT2D eigenvalue weighted by Gasteiger charge is 2.70. The maximum absolute atomic E-state index is 12.5. The Balaban J connectivity index is 1.17. The van der Waals surface area contributed by atoms with E-state index in [-0.39, 0.29) is 53.3 Å². The number of ether oxygens (including phenoxy) is 6. The summed E-state index contributed by atoms with van der Waals surface area (Å²) in [4.78, 5) is 0. The molecule has 7 rings (SSSR count). The van der Waals surface area contributed by atoms with Crippen LogP contribution in [0.2, 0.25) is 0 Å². The maximum Gasteiger partial charge on any atom is 0.172 e. The van der Waals surface area contributed by atoms with Crippen LogP contribution in [0.25, 0.3) is 0 Å². The van der Waals surface area contributed by atoms with Crippen LogP contribution in [0, 0.1) is 52.3 Å². The van der Waals surface area contributed by atoms with Crippen molar-refractivity contribution in [3.05, 3.63) is 35.9 Å². The molecule has 50 heavy (non-hydrogen) atoms. The summed E-state index contributed by atoms with van der Waals surface area (Å²) < 4.78 is 39.1. The number of aliphatic hydroxyl groups excluding tert-OH is 2. The van der Waals surface area contributed by atoms with Gasteiger partial charge >= 0.3 is 0 Å². The summed E-state index contributed by atoms with van der Waals surface area (Å²) in [6, 6.07) is 10.3. The van der Waals surface area contributed by atoms with Crippen LogP contribution in [0.1, 0.15) is 112 Å². The lowest BCUT2D eigenvalue weighted by atomic mass is 9.42. The van der Waals surface area contributed by atoms with Crippen molar-refractivity contribution in [1.82, 2.24) is 0 Å². The minimum atomic E-state index is -0.727. The lowest BCUT2D eigenvalue weighted by Crippen LogP contribution is -2.65. The molecule has 6 fully saturated rings. The van der Waals surface area contributed by atoms with Gasteiger partial charge in [0, 0.05) is 31.5 Å². The SMILES string of the molecule is CCOC(C)O[C@@H]([C@H](O)[C@@H](C)[C@H]1CC[C@H]2[C@@H]3CC4(OCCO4)[C@H]4C[C@@H]5OC(C)(C)O[C@@H]5C[C@]4(C)[C@H]3CC[C@]12C)[C@@H](c1ccccc1)[C@H](C)CO. The van der Waals surface area contributed by atoms with Crippen LogP contribution in [0.5, 0.6) is 0 Å². The molecule has 0 bridgehead atoms. The second kappa shape index (κ2) is 14.0. The zero-order chi connectivity index (χ0) is 35.6. The third-order valence-electron chi connectivity index (χ3n) is 15.1. The number of rotatable bonds is 11. The Hall–Kier alpha value is -1.10. The molecule has 8 heteroatoms. The van der Waals surface area contributed by atoms with Crippen LogP contribution in [-0.4, -0.2) is 78.9 Å². The molecule has 2 N–H and O–H groups in total. The van der Waals surface area contributed by atoms with Crippen LogP contribution in [0.3, 0.4) is 0 Å². The first-order chi connectivity index (χ1) is 23.8. The first kappa shape index (κ1) is 37.2. The number of fused-ring (bicyclic) bond motifs is 7. The molecule has 1 aromatic carbocycles. The van der Waals surface area contributed by atoms with Gasteiger partial charge in [-0.3, -0.25) is 0 Å². The molecule has 1 unspecified atom stereocenters. The van der Waals surface area contributed by atoms with Crippen LogP contribution >= 0.6 is 0 Å². The van der Waals surface area contributed by atoms with Gasteiger partial charge in [0.05, 0.1) is 37.6 Å². The molecule has 0 radical (unpaired) electrons. The van der Waals surface area contributed by atoms with Gasteiger partial charge in [-0.2, -0.15) is 0 Å². The molecule has 282 valence electrons. The fraction of sp³-hybridized carbons (Fsp3) is 0.857. The van der Waals surface area contributed by atoms with Crippen molar-refractivity contribution in [3.63, 3.8) is 0 Å². The third kappa shape index (κ3) is 6.23. The van der Waals surface area contributed by atoms with Gasteiger partial charge in [0.2, 0.25) is 0 Å². The average molecular weight is 699 g/mol. The van der Waals surface area contributed by atoms with E-state index in [9.17, 15) is 10.2 Å². The van der Waals surface area contributed by atoms with E-state index in [1.807, 2.05) is 32.0 Å². The number of benzene rings is 1. The normalized spacial score (nSPS) is 42.1. The molecule has 1 spiro atoms. The molecule has 4 aliphatic carbocycles. The Morgan fingerprint density at radius 2 is 1.56 bits per heavy atom. The second-order valence-electron chi connectivity index (χ2n) is 18.1. The largest absolute Gasteiger partial charge is 0.396 e. The van der Waals surface area contributed by atoms with E-state index in [4.69, 9.17) is 28.4 Å². The van der Waals surface area contributed by atoms with Gasteiger partial charge in [0.15, 0.2) is 17.9 Å². The van der Waals surface area contributed by atoms with Crippen molar-refractivity contribution in [1.29, 1.82) is 0 Å². The standard InChI is InChI=1S/C42H66O8/c1-9-45-27(4)48-38(36(25(2)24-43)28-13-11-10-12-14-28)37(44)26(3)30-15-16-31-29-22-42(46-19-20-47-42)35-21-33-34(50-39(5,6)49-33)23-41(35,8)32(29)17-18-40(30,31)7/h10-14,25-27,29-38,43-44H,9,15-24H2,1-8H3/t25-,26+,27?,29+,30-,31+,32+,33+,34-,35+,36-,37-,38-,40-,41-/m1/s1. The zero-order valence-electron chi connectivity index (χ0n) is 32.0. The number of hydrogen-bond acceptors (Lipinski definition) is 8. The molecule has 8 nitrogen and oxygen atoms in total. The van der Waals surface area contributed by atoms with Crippen molar-refractivity contribution in [3.8, 4) is 0 Å². The molecular formula is C42H66O8. The van der Waals surface area contributed by atoms with Gasteiger partial charge in [-0.1, -0.05) is 58.0 Å². The molecule has 2 heterocycles. The second-order valence-corrected chi connectivity index (χ2v) is 18.1. The molecule has 4 saturated carbocycles. The van der Waals surface area contributed by atoms with Crippen LogP contribution in [-0.2, 0) is 28.4 Å². The summed E-state index contributed by atoms with van der Waals surface area (Å²) in [5.74, 6) is 0.820. The fourth-order valence-corrected chi connectivity index (χ4v) is 13.0. The number of aliphatic hydroxyl groups is 2. The monoisotopic (exact) mass is 698 g/mol. The van der Waals surface area contributed by atoms with E-state index < -0.39 is 30.1 Å². The topological polar surface area (TPSA) is 95.8 Å². The number of hydrogen-bond donors (Lipinski definition) is 2. The van der Waals surface area contributed by atoms with E-state index in [0.29, 0.717) is 43.5 Å². The van der Waals surface area contributed by atoms with E-state index in [1.54, 1.807) is 0 Å². The Bertz CT molecular complexity index is 1300. The van der Waals surface area contributed by atoms with E-state index >= 15 is 0 Å². The van der Waals surface area contributed by atoms with E-state index in [0.717, 1.165) is 44.1 Å². The Morgan fingerprint density at radius 3 is 2.24 bits per heavy atom. The molecular weight excluding hydrogens is 632 g/mol. The Kier molecular flexibility index (Phi) is 10.4. The summed E-state index contributed by atoms with van der Waals surface area (Å²) in [7, 11) is 0. The third-order valence-corrected chi connectivity index (χ3v) is 15.1. The van der Waals surface area contributed by atoms with Crippen molar-refractivity contribution < 1.29 is 38.6 Å². The van der Waals surface area contributed by atoms with Gasteiger partial charge in [0.1, 0.15) is 0 Å². The summed E-state index contributed by atoms with van der Waals surface area (Å²) in [6.45, 7) is 19.2. The highest BCUT2D eigenvalue weighted by atomic mass is 16.8. The summed E-state index contributed by atoms with van der Waals surface area (Å²) in [5, 5.41) is 23.0.